The van der Waals surface area contributed by atoms with E-state index >= 15 is 0 Å². The predicted molar refractivity (Wildman–Crippen MR) is 56.7 cm³/mol. The molecular weight excluding hydrogens is 243 g/mol. The van der Waals surface area contributed by atoms with Crippen molar-refractivity contribution in [3.63, 3.8) is 0 Å². The molecule has 0 radical (unpaired) electrons. The van der Waals surface area contributed by atoms with Crippen molar-refractivity contribution in [3.05, 3.63) is 0 Å². The first-order valence-corrected chi connectivity index (χ1v) is 5.92. The Morgan fingerprint density at radius 2 is 2.00 bits per heavy atom. The number of ether oxygens (including phenoxy) is 1. The summed E-state index contributed by atoms with van der Waals surface area (Å²) in [5.74, 6) is 0.645. The third kappa shape index (κ3) is 5.92. The van der Waals surface area contributed by atoms with Gasteiger partial charge in [0.1, 0.15) is 6.61 Å². The van der Waals surface area contributed by atoms with Gasteiger partial charge in [0, 0.05) is 19.0 Å². The molecule has 0 amide bonds. The smallest absolute Gasteiger partial charge is 0.371 e. The fourth-order valence-electron chi connectivity index (χ4n) is 1.58. The molecular formula is C10H17ClF3NO. The summed E-state index contributed by atoms with van der Waals surface area (Å²) in [6.07, 6.45) is -0.923. The molecule has 0 aromatic heterocycles. The van der Waals surface area contributed by atoms with E-state index in [1.54, 1.807) is 0 Å². The Balaban J connectivity index is 1.92. The van der Waals surface area contributed by atoms with Gasteiger partial charge in [0.2, 0.25) is 0 Å². The summed E-state index contributed by atoms with van der Waals surface area (Å²) >= 11 is 5.66. The SMILES string of the molecule is FC(F)(F)COCCNCC1(CCCl)CC1. The quantitative estimate of drug-likeness (QED) is 0.534. The minimum absolute atomic E-state index is 0.0937. The van der Waals surface area contributed by atoms with E-state index in [0.717, 1.165) is 25.8 Å². The van der Waals surface area contributed by atoms with Crippen molar-refractivity contribution in [2.24, 2.45) is 5.41 Å². The van der Waals surface area contributed by atoms with E-state index < -0.39 is 12.8 Å². The molecule has 0 unspecified atom stereocenters. The monoisotopic (exact) mass is 259 g/mol. The maximum Gasteiger partial charge on any atom is 0.411 e. The molecule has 16 heavy (non-hydrogen) atoms. The van der Waals surface area contributed by atoms with Crippen LogP contribution in [0.1, 0.15) is 19.3 Å². The second-order valence-corrected chi connectivity index (χ2v) is 4.66. The van der Waals surface area contributed by atoms with Crippen LogP contribution in [-0.2, 0) is 4.74 Å². The summed E-state index contributed by atoms with van der Waals surface area (Å²) < 4.78 is 39.6. The zero-order valence-electron chi connectivity index (χ0n) is 9.08. The summed E-state index contributed by atoms with van der Waals surface area (Å²) in [6, 6.07) is 0. The molecule has 0 bridgehead atoms. The standard InChI is InChI=1S/C10H17ClF3NO/c11-4-3-9(1-2-9)7-15-5-6-16-8-10(12,13)14/h15H,1-8H2. The lowest BCUT2D eigenvalue weighted by Gasteiger charge is -2.14. The van der Waals surface area contributed by atoms with Gasteiger partial charge < -0.3 is 10.1 Å². The molecule has 1 aliphatic rings. The first-order valence-electron chi connectivity index (χ1n) is 5.39. The van der Waals surface area contributed by atoms with E-state index in [-0.39, 0.29) is 6.61 Å². The van der Waals surface area contributed by atoms with Gasteiger partial charge in [0.05, 0.1) is 6.61 Å². The van der Waals surface area contributed by atoms with E-state index in [2.05, 4.69) is 10.1 Å². The Hall–Kier alpha value is 0. The van der Waals surface area contributed by atoms with E-state index in [1.807, 2.05) is 0 Å². The van der Waals surface area contributed by atoms with Gasteiger partial charge in [-0.05, 0) is 24.7 Å². The van der Waals surface area contributed by atoms with Crippen molar-refractivity contribution >= 4 is 11.6 Å². The molecule has 0 aliphatic heterocycles. The molecule has 0 aromatic rings. The third-order valence-corrected chi connectivity index (χ3v) is 2.96. The summed E-state index contributed by atoms with van der Waals surface area (Å²) in [5, 5.41) is 3.11. The van der Waals surface area contributed by atoms with E-state index in [4.69, 9.17) is 11.6 Å². The van der Waals surface area contributed by atoms with E-state index in [9.17, 15) is 13.2 Å². The molecule has 6 heteroatoms. The minimum atomic E-state index is -4.23. The van der Waals surface area contributed by atoms with Crippen LogP contribution < -0.4 is 5.32 Å². The maximum absolute atomic E-state index is 11.7. The number of rotatable bonds is 8. The highest BCUT2D eigenvalue weighted by Crippen LogP contribution is 2.48. The first-order chi connectivity index (χ1) is 7.47. The van der Waals surface area contributed by atoms with Crippen LogP contribution in [0.25, 0.3) is 0 Å². The lowest BCUT2D eigenvalue weighted by Crippen LogP contribution is -2.29. The molecule has 2 nitrogen and oxygen atoms in total. The third-order valence-electron chi connectivity index (χ3n) is 2.77. The molecule has 96 valence electrons. The number of hydrogen-bond donors (Lipinski definition) is 1. The fraction of sp³-hybridized carbons (Fsp3) is 1.00. The fourth-order valence-corrected chi connectivity index (χ4v) is 1.98. The van der Waals surface area contributed by atoms with Gasteiger partial charge in [-0.3, -0.25) is 0 Å². The maximum atomic E-state index is 11.7. The number of nitrogens with one attached hydrogen (secondary N) is 1. The van der Waals surface area contributed by atoms with Crippen LogP contribution in [-0.4, -0.2) is 38.4 Å². The zero-order valence-corrected chi connectivity index (χ0v) is 9.83. The predicted octanol–water partition coefficient (Wildman–Crippen LogP) is 2.56. The van der Waals surface area contributed by atoms with Crippen LogP contribution in [0.4, 0.5) is 13.2 Å². The molecule has 0 saturated heterocycles. The van der Waals surface area contributed by atoms with Gasteiger partial charge in [0.15, 0.2) is 0 Å². The van der Waals surface area contributed by atoms with Crippen LogP contribution >= 0.6 is 11.6 Å². The average molecular weight is 260 g/mol. The topological polar surface area (TPSA) is 21.3 Å². The summed E-state index contributed by atoms with van der Waals surface area (Å²) in [5.41, 5.74) is 0.311. The second-order valence-electron chi connectivity index (χ2n) is 4.28. The van der Waals surface area contributed by atoms with Gasteiger partial charge in [0.25, 0.3) is 0 Å². The van der Waals surface area contributed by atoms with Crippen LogP contribution in [0.2, 0.25) is 0 Å². The van der Waals surface area contributed by atoms with Crippen molar-refractivity contribution in [3.8, 4) is 0 Å². The molecule has 0 heterocycles. The molecule has 1 rings (SSSR count). The molecule has 0 aromatic carbocycles. The number of hydrogen-bond acceptors (Lipinski definition) is 2. The Morgan fingerprint density at radius 3 is 2.50 bits per heavy atom. The lowest BCUT2D eigenvalue weighted by atomic mass is 10.0. The Labute approximate surface area is 98.5 Å². The molecule has 0 spiro atoms. The largest absolute Gasteiger partial charge is 0.411 e. The number of halogens is 4. The van der Waals surface area contributed by atoms with Crippen LogP contribution in [0.15, 0.2) is 0 Å². The molecule has 1 fully saturated rings. The van der Waals surface area contributed by atoms with E-state index in [0.29, 0.717) is 17.8 Å². The van der Waals surface area contributed by atoms with Crippen LogP contribution in [0.3, 0.4) is 0 Å². The lowest BCUT2D eigenvalue weighted by molar-refractivity contribution is -0.173. The average Bonchev–Trinajstić information content (AvgIpc) is 2.91. The highest BCUT2D eigenvalue weighted by Gasteiger charge is 2.40. The number of alkyl halides is 4. The molecule has 0 atom stereocenters. The van der Waals surface area contributed by atoms with Crippen molar-refractivity contribution in [1.29, 1.82) is 0 Å². The Kier molecular flexibility index (Phi) is 5.34. The van der Waals surface area contributed by atoms with Gasteiger partial charge >= 0.3 is 6.18 Å². The Bertz CT molecular complexity index is 207. The van der Waals surface area contributed by atoms with Crippen LogP contribution in [0, 0.1) is 5.41 Å². The Morgan fingerprint density at radius 1 is 1.31 bits per heavy atom. The molecule has 1 N–H and O–H groups in total. The second kappa shape index (κ2) is 6.07. The highest BCUT2D eigenvalue weighted by molar-refractivity contribution is 6.17. The molecule has 1 aliphatic carbocycles. The van der Waals surface area contributed by atoms with Crippen molar-refractivity contribution in [1.82, 2.24) is 5.32 Å². The van der Waals surface area contributed by atoms with Gasteiger partial charge in [-0.15, -0.1) is 11.6 Å². The first kappa shape index (κ1) is 14.1. The highest BCUT2D eigenvalue weighted by atomic mass is 35.5. The van der Waals surface area contributed by atoms with Crippen molar-refractivity contribution in [2.45, 2.75) is 25.4 Å². The summed E-state index contributed by atoms with van der Waals surface area (Å²) in [7, 11) is 0. The van der Waals surface area contributed by atoms with Gasteiger partial charge in [-0.25, -0.2) is 0 Å². The summed E-state index contributed by atoms with van der Waals surface area (Å²) in [6.45, 7) is 0.215. The summed E-state index contributed by atoms with van der Waals surface area (Å²) in [4.78, 5) is 0. The van der Waals surface area contributed by atoms with Gasteiger partial charge in [-0.1, -0.05) is 0 Å². The van der Waals surface area contributed by atoms with E-state index in [1.165, 1.54) is 0 Å². The normalized spacial score (nSPS) is 18.8. The zero-order chi connectivity index (χ0) is 12.1. The van der Waals surface area contributed by atoms with Crippen LogP contribution in [0.5, 0.6) is 0 Å². The minimum Gasteiger partial charge on any atom is -0.371 e. The van der Waals surface area contributed by atoms with Crippen molar-refractivity contribution < 1.29 is 17.9 Å². The van der Waals surface area contributed by atoms with Gasteiger partial charge in [-0.2, -0.15) is 13.2 Å². The molecule has 1 saturated carbocycles. The van der Waals surface area contributed by atoms with Crippen molar-refractivity contribution in [2.75, 3.05) is 32.2 Å².